The van der Waals surface area contributed by atoms with Gasteiger partial charge >= 0.3 is 5.97 Å². The molecule has 2 aliphatic rings. The van der Waals surface area contributed by atoms with E-state index in [2.05, 4.69) is 30.4 Å². The standard InChI is InChI=1S/C17H21NO3/c1-11-3-5-13-12(9-11)4-6-14(13)18-15(19)10-17(16(20)21)7-2-8-17/h3,5,9,14H,2,4,6-8,10H2,1H3,(H,18,19)(H,20,21). The summed E-state index contributed by atoms with van der Waals surface area (Å²) < 4.78 is 0. The highest BCUT2D eigenvalue weighted by molar-refractivity contribution is 5.86. The van der Waals surface area contributed by atoms with Crippen molar-refractivity contribution >= 4 is 11.9 Å². The number of hydrogen-bond acceptors (Lipinski definition) is 2. The van der Waals surface area contributed by atoms with Crippen molar-refractivity contribution in [3.05, 3.63) is 34.9 Å². The summed E-state index contributed by atoms with van der Waals surface area (Å²) in [5.41, 5.74) is 2.92. The van der Waals surface area contributed by atoms with Crippen LogP contribution in [0.25, 0.3) is 0 Å². The van der Waals surface area contributed by atoms with Gasteiger partial charge in [-0.05, 0) is 43.7 Å². The Hall–Kier alpha value is -1.84. The fourth-order valence-corrected chi connectivity index (χ4v) is 3.52. The Morgan fingerprint density at radius 1 is 1.38 bits per heavy atom. The first kappa shape index (κ1) is 14.1. The minimum absolute atomic E-state index is 0.0408. The van der Waals surface area contributed by atoms with E-state index in [4.69, 9.17) is 0 Å². The van der Waals surface area contributed by atoms with Gasteiger partial charge < -0.3 is 10.4 Å². The van der Waals surface area contributed by atoms with Crippen LogP contribution in [0.3, 0.4) is 0 Å². The highest BCUT2D eigenvalue weighted by Gasteiger charge is 2.46. The van der Waals surface area contributed by atoms with E-state index in [0.29, 0.717) is 12.8 Å². The molecule has 0 aromatic heterocycles. The molecule has 0 aliphatic heterocycles. The van der Waals surface area contributed by atoms with Crippen LogP contribution in [0.15, 0.2) is 18.2 Å². The smallest absolute Gasteiger partial charge is 0.310 e. The number of carboxylic acid groups (broad SMARTS) is 1. The van der Waals surface area contributed by atoms with E-state index >= 15 is 0 Å². The Bertz CT molecular complexity index is 590. The molecule has 1 aromatic rings. The molecule has 21 heavy (non-hydrogen) atoms. The van der Waals surface area contributed by atoms with Crippen LogP contribution in [0, 0.1) is 12.3 Å². The van der Waals surface area contributed by atoms with Crippen LogP contribution in [0.2, 0.25) is 0 Å². The highest BCUT2D eigenvalue weighted by atomic mass is 16.4. The number of carbonyl (C=O) groups excluding carboxylic acids is 1. The van der Waals surface area contributed by atoms with Gasteiger partial charge in [-0.15, -0.1) is 0 Å². The van der Waals surface area contributed by atoms with Crippen molar-refractivity contribution in [2.75, 3.05) is 0 Å². The maximum Gasteiger partial charge on any atom is 0.310 e. The first-order chi connectivity index (χ1) is 10.00. The number of nitrogens with one attached hydrogen (secondary N) is 1. The van der Waals surface area contributed by atoms with E-state index in [-0.39, 0.29) is 18.4 Å². The van der Waals surface area contributed by atoms with Gasteiger partial charge in [0.15, 0.2) is 0 Å². The van der Waals surface area contributed by atoms with Crippen LogP contribution < -0.4 is 5.32 Å². The van der Waals surface area contributed by atoms with Crippen LogP contribution >= 0.6 is 0 Å². The molecule has 4 heteroatoms. The van der Waals surface area contributed by atoms with Crippen molar-refractivity contribution < 1.29 is 14.7 Å². The summed E-state index contributed by atoms with van der Waals surface area (Å²) in [6.07, 6.45) is 4.15. The second kappa shape index (κ2) is 5.17. The van der Waals surface area contributed by atoms with Crippen molar-refractivity contribution in [2.24, 2.45) is 5.41 Å². The second-order valence-electron chi connectivity index (χ2n) is 6.48. The molecule has 0 radical (unpaired) electrons. The molecule has 1 unspecified atom stereocenters. The molecule has 1 amide bonds. The number of hydrogen-bond donors (Lipinski definition) is 2. The van der Waals surface area contributed by atoms with E-state index in [1.165, 1.54) is 16.7 Å². The van der Waals surface area contributed by atoms with Crippen LogP contribution in [-0.2, 0) is 16.0 Å². The number of amides is 1. The summed E-state index contributed by atoms with van der Waals surface area (Å²) in [6, 6.07) is 6.36. The average Bonchev–Trinajstić information content (AvgIpc) is 2.75. The minimum atomic E-state index is -0.827. The zero-order valence-corrected chi connectivity index (χ0v) is 12.3. The first-order valence-electron chi connectivity index (χ1n) is 7.62. The van der Waals surface area contributed by atoms with Gasteiger partial charge in [0.1, 0.15) is 0 Å². The van der Waals surface area contributed by atoms with Gasteiger partial charge in [0.25, 0.3) is 0 Å². The third-order valence-corrected chi connectivity index (χ3v) is 4.97. The minimum Gasteiger partial charge on any atom is -0.481 e. The molecule has 1 aromatic carbocycles. The van der Waals surface area contributed by atoms with Gasteiger partial charge in [0.05, 0.1) is 11.5 Å². The Labute approximate surface area is 124 Å². The maximum atomic E-state index is 12.2. The van der Waals surface area contributed by atoms with Gasteiger partial charge in [-0.3, -0.25) is 9.59 Å². The van der Waals surface area contributed by atoms with Gasteiger partial charge in [0.2, 0.25) is 5.91 Å². The zero-order chi connectivity index (χ0) is 15.0. The zero-order valence-electron chi connectivity index (χ0n) is 12.3. The van der Waals surface area contributed by atoms with E-state index in [1.54, 1.807) is 0 Å². The number of rotatable bonds is 4. The summed E-state index contributed by atoms with van der Waals surface area (Å²) in [5.74, 6) is -0.957. The molecule has 2 aliphatic carbocycles. The predicted molar refractivity (Wildman–Crippen MR) is 78.9 cm³/mol. The average molecular weight is 287 g/mol. The van der Waals surface area contributed by atoms with Crippen molar-refractivity contribution in [3.8, 4) is 0 Å². The third-order valence-electron chi connectivity index (χ3n) is 4.97. The molecule has 1 fully saturated rings. The quantitative estimate of drug-likeness (QED) is 0.895. The summed E-state index contributed by atoms with van der Waals surface area (Å²) in [6.45, 7) is 2.07. The van der Waals surface area contributed by atoms with Crippen LogP contribution in [-0.4, -0.2) is 17.0 Å². The van der Waals surface area contributed by atoms with Crippen molar-refractivity contribution in [2.45, 2.75) is 51.5 Å². The van der Waals surface area contributed by atoms with Crippen molar-refractivity contribution in [3.63, 3.8) is 0 Å². The molecule has 1 saturated carbocycles. The van der Waals surface area contributed by atoms with E-state index in [9.17, 15) is 14.7 Å². The molecule has 0 bridgehead atoms. The molecule has 1 atom stereocenters. The largest absolute Gasteiger partial charge is 0.481 e. The number of benzene rings is 1. The Balaban J connectivity index is 1.66. The van der Waals surface area contributed by atoms with Gasteiger partial charge in [-0.25, -0.2) is 0 Å². The molecule has 0 heterocycles. The number of carbonyl (C=O) groups is 2. The Morgan fingerprint density at radius 3 is 2.76 bits per heavy atom. The normalized spacial score (nSPS) is 22.2. The van der Waals surface area contributed by atoms with E-state index < -0.39 is 11.4 Å². The lowest BCUT2D eigenvalue weighted by molar-refractivity contribution is -0.157. The molecule has 2 N–H and O–H groups in total. The molecule has 3 rings (SSSR count). The number of fused-ring (bicyclic) bond motifs is 1. The fraction of sp³-hybridized carbons (Fsp3) is 0.529. The SMILES string of the molecule is Cc1ccc2c(c1)CCC2NC(=O)CC1(C(=O)O)CCC1. The first-order valence-corrected chi connectivity index (χ1v) is 7.62. The lowest BCUT2D eigenvalue weighted by Crippen LogP contribution is -2.43. The van der Waals surface area contributed by atoms with E-state index in [1.807, 2.05) is 0 Å². The molecule has 0 saturated heterocycles. The topological polar surface area (TPSA) is 66.4 Å². The third kappa shape index (κ3) is 2.55. The molecule has 0 spiro atoms. The highest BCUT2D eigenvalue weighted by Crippen LogP contribution is 2.44. The van der Waals surface area contributed by atoms with Crippen LogP contribution in [0.4, 0.5) is 0 Å². The Morgan fingerprint density at radius 2 is 2.14 bits per heavy atom. The summed E-state index contributed by atoms with van der Waals surface area (Å²) in [5, 5.41) is 12.3. The summed E-state index contributed by atoms with van der Waals surface area (Å²) in [7, 11) is 0. The molecule has 112 valence electrons. The maximum absolute atomic E-state index is 12.2. The van der Waals surface area contributed by atoms with Crippen LogP contribution in [0.5, 0.6) is 0 Å². The Kier molecular flexibility index (Phi) is 3.47. The lowest BCUT2D eigenvalue weighted by atomic mass is 9.66. The number of aliphatic carboxylic acids is 1. The van der Waals surface area contributed by atoms with Crippen molar-refractivity contribution in [1.29, 1.82) is 0 Å². The fourth-order valence-electron chi connectivity index (χ4n) is 3.52. The number of carboxylic acids is 1. The van der Waals surface area contributed by atoms with Crippen LogP contribution in [0.1, 0.15) is 54.8 Å². The second-order valence-corrected chi connectivity index (χ2v) is 6.48. The molecular weight excluding hydrogens is 266 g/mol. The molecular formula is C17H21NO3. The van der Waals surface area contributed by atoms with Gasteiger partial charge in [-0.1, -0.05) is 30.2 Å². The number of aryl methyl sites for hydroxylation is 2. The van der Waals surface area contributed by atoms with Gasteiger partial charge in [0, 0.05) is 6.42 Å². The lowest BCUT2D eigenvalue weighted by Gasteiger charge is -2.37. The predicted octanol–water partition coefficient (Wildman–Crippen LogP) is 2.74. The monoisotopic (exact) mass is 287 g/mol. The van der Waals surface area contributed by atoms with Gasteiger partial charge in [-0.2, -0.15) is 0 Å². The molecule has 4 nitrogen and oxygen atoms in total. The summed E-state index contributed by atoms with van der Waals surface area (Å²) >= 11 is 0. The van der Waals surface area contributed by atoms with E-state index in [0.717, 1.165) is 19.3 Å². The van der Waals surface area contributed by atoms with Crippen molar-refractivity contribution in [1.82, 2.24) is 5.32 Å². The summed E-state index contributed by atoms with van der Waals surface area (Å²) in [4.78, 5) is 23.5.